The first-order valence-electron chi connectivity index (χ1n) is 6.57. The molecular weight excluding hydrogens is 268 g/mol. The number of fused-ring (bicyclic) bond motifs is 1. The van der Waals surface area contributed by atoms with Gasteiger partial charge >= 0.3 is 5.97 Å². The van der Waals surface area contributed by atoms with Crippen molar-refractivity contribution in [3.8, 4) is 0 Å². The van der Waals surface area contributed by atoms with E-state index in [1.807, 2.05) is 13.8 Å². The van der Waals surface area contributed by atoms with Crippen molar-refractivity contribution in [2.24, 2.45) is 11.8 Å². The first-order chi connectivity index (χ1) is 8.79. The fourth-order valence-electron chi connectivity index (χ4n) is 3.28. The second-order valence-corrected chi connectivity index (χ2v) is 7.86. The van der Waals surface area contributed by atoms with Gasteiger partial charge in [0, 0.05) is 18.6 Å². The molecule has 2 unspecified atom stereocenters. The molecule has 0 radical (unpaired) electrons. The molecule has 2 rings (SSSR count). The Hall–Kier alpha value is -0.660. The molecule has 0 aromatic heterocycles. The SMILES string of the molecule is COC(=O)CCS(=O)(=O)N1CC2CNCC2C1(C)C. The summed E-state index contributed by atoms with van der Waals surface area (Å²) >= 11 is 0. The van der Waals surface area contributed by atoms with Gasteiger partial charge in [-0.25, -0.2) is 8.42 Å². The maximum absolute atomic E-state index is 12.4. The number of esters is 1. The Bertz CT molecular complexity index is 460. The highest BCUT2D eigenvalue weighted by molar-refractivity contribution is 7.89. The van der Waals surface area contributed by atoms with Gasteiger partial charge in [-0.2, -0.15) is 4.31 Å². The first-order valence-corrected chi connectivity index (χ1v) is 8.18. The van der Waals surface area contributed by atoms with E-state index in [0.29, 0.717) is 18.4 Å². The second-order valence-electron chi connectivity index (χ2n) is 5.85. The van der Waals surface area contributed by atoms with E-state index in [1.165, 1.54) is 7.11 Å². The zero-order chi connectivity index (χ0) is 14.3. The Labute approximate surface area is 114 Å². The molecule has 2 atom stereocenters. The molecule has 1 N–H and O–H groups in total. The molecule has 2 aliphatic heterocycles. The molecule has 0 spiro atoms. The van der Waals surface area contributed by atoms with E-state index in [1.54, 1.807) is 4.31 Å². The predicted molar refractivity (Wildman–Crippen MR) is 71.1 cm³/mol. The van der Waals surface area contributed by atoms with E-state index >= 15 is 0 Å². The van der Waals surface area contributed by atoms with Gasteiger partial charge in [-0.3, -0.25) is 4.79 Å². The molecule has 2 heterocycles. The van der Waals surface area contributed by atoms with Crippen LogP contribution in [0.25, 0.3) is 0 Å². The molecule has 110 valence electrons. The van der Waals surface area contributed by atoms with E-state index in [0.717, 1.165) is 13.1 Å². The molecule has 0 aliphatic carbocycles. The van der Waals surface area contributed by atoms with Gasteiger partial charge in [0.1, 0.15) is 0 Å². The zero-order valence-corrected chi connectivity index (χ0v) is 12.5. The summed E-state index contributed by atoms with van der Waals surface area (Å²) in [6, 6.07) is 0. The van der Waals surface area contributed by atoms with Gasteiger partial charge in [0.2, 0.25) is 10.0 Å². The number of hydrogen-bond acceptors (Lipinski definition) is 5. The lowest BCUT2D eigenvalue weighted by molar-refractivity contribution is -0.140. The van der Waals surface area contributed by atoms with Crippen LogP contribution in [0.4, 0.5) is 0 Å². The normalized spacial score (nSPS) is 30.3. The van der Waals surface area contributed by atoms with E-state index < -0.39 is 16.0 Å². The zero-order valence-electron chi connectivity index (χ0n) is 11.7. The Kier molecular flexibility index (Phi) is 3.90. The highest BCUT2D eigenvalue weighted by atomic mass is 32.2. The molecule has 0 aromatic rings. The van der Waals surface area contributed by atoms with Gasteiger partial charge in [0.05, 0.1) is 19.3 Å². The van der Waals surface area contributed by atoms with Crippen molar-refractivity contribution < 1.29 is 17.9 Å². The minimum absolute atomic E-state index is 0.0843. The molecule has 7 heteroatoms. The van der Waals surface area contributed by atoms with Crippen LogP contribution < -0.4 is 5.32 Å². The Morgan fingerprint density at radius 1 is 1.42 bits per heavy atom. The maximum atomic E-state index is 12.4. The maximum Gasteiger partial charge on any atom is 0.306 e. The number of sulfonamides is 1. The third kappa shape index (κ3) is 2.64. The number of ether oxygens (including phenoxy) is 1. The van der Waals surface area contributed by atoms with Crippen molar-refractivity contribution >= 4 is 16.0 Å². The third-order valence-electron chi connectivity index (χ3n) is 4.42. The number of rotatable bonds is 4. The number of methoxy groups -OCH3 is 1. The molecule has 0 saturated carbocycles. The topological polar surface area (TPSA) is 75.7 Å². The van der Waals surface area contributed by atoms with Crippen LogP contribution in [0.15, 0.2) is 0 Å². The van der Waals surface area contributed by atoms with Crippen molar-refractivity contribution in [1.82, 2.24) is 9.62 Å². The molecule has 0 amide bonds. The summed E-state index contributed by atoms with van der Waals surface area (Å²) in [4.78, 5) is 11.1. The van der Waals surface area contributed by atoms with Gasteiger partial charge in [-0.05, 0) is 32.2 Å². The van der Waals surface area contributed by atoms with Crippen LogP contribution in [0.2, 0.25) is 0 Å². The van der Waals surface area contributed by atoms with Crippen molar-refractivity contribution in [3.05, 3.63) is 0 Å². The largest absolute Gasteiger partial charge is 0.469 e. The molecule has 0 bridgehead atoms. The average Bonchev–Trinajstić information content (AvgIpc) is 2.89. The minimum Gasteiger partial charge on any atom is -0.469 e. The van der Waals surface area contributed by atoms with Crippen LogP contribution in [0, 0.1) is 11.8 Å². The summed E-state index contributed by atoms with van der Waals surface area (Å²) < 4.78 is 30.9. The summed E-state index contributed by atoms with van der Waals surface area (Å²) in [7, 11) is -2.14. The summed E-state index contributed by atoms with van der Waals surface area (Å²) in [5.74, 6) is 0.0708. The molecule has 2 fully saturated rings. The van der Waals surface area contributed by atoms with E-state index in [2.05, 4.69) is 10.1 Å². The van der Waals surface area contributed by atoms with Gasteiger partial charge < -0.3 is 10.1 Å². The molecule has 2 saturated heterocycles. The number of hydrogen-bond donors (Lipinski definition) is 1. The van der Waals surface area contributed by atoms with Crippen LogP contribution in [-0.4, -0.2) is 56.7 Å². The van der Waals surface area contributed by atoms with E-state index in [-0.39, 0.29) is 17.7 Å². The lowest BCUT2D eigenvalue weighted by atomic mass is 9.85. The van der Waals surface area contributed by atoms with Crippen LogP contribution in [0.5, 0.6) is 0 Å². The first kappa shape index (κ1) is 14.7. The summed E-state index contributed by atoms with van der Waals surface area (Å²) in [6.45, 7) is 6.23. The highest BCUT2D eigenvalue weighted by Gasteiger charge is 2.53. The van der Waals surface area contributed by atoms with E-state index in [4.69, 9.17) is 0 Å². The smallest absolute Gasteiger partial charge is 0.306 e. The average molecular weight is 290 g/mol. The quantitative estimate of drug-likeness (QED) is 0.726. The van der Waals surface area contributed by atoms with Crippen LogP contribution in [-0.2, 0) is 19.6 Å². The summed E-state index contributed by atoms with van der Waals surface area (Å²) in [5, 5.41) is 3.32. The number of carbonyl (C=O) groups excluding carboxylic acids is 1. The second kappa shape index (κ2) is 5.03. The molecule has 0 aromatic carbocycles. The van der Waals surface area contributed by atoms with Gasteiger partial charge in [-0.1, -0.05) is 0 Å². The highest BCUT2D eigenvalue weighted by Crippen LogP contribution is 2.42. The fourth-order valence-corrected chi connectivity index (χ4v) is 5.20. The van der Waals surface area contributed by atoms with Gasteiger partial charge in [-0.15, -0.1) is 0 Å². The van der Waals surface area contributed by atoms with Crippen molar-refractivity contribution in [2.75, 3.05) is 32.5 Å². The van der Waals surface area contributed by atoms with Crippen molar-refractivity contribution in [2.45, 2.75) is 25.8 Å². The fraction of sp³-hybridized carbons (Fsp3) is 0.917. The van der Waals surface area contributed by atoms with Crippen LogP contribution in [0.1, 0.15) is 20.3 Å². The van der Waals surface area contributed by atoms with Crippen LogP contribution >= 0.6 is 0 Å². The van der Waals surface area contributed by atoms with Gasteiger partial charge in [0.15, 0.2) is 0 Å². The lowest BCUT2D eigenvalue weighted by Gasteiger charge is -2.34. The van der Waals surface area contributed by atoms with E-state index in [9.17, 15) is 13.2 Å². The molecule has 2 aliphatic rings. The Balaban J connectivity index is 2.11. The lowest BCUT2D eigenvalue weighted by Crippen LogP contribution is -2.48. The van der Waals surface area contributed by atoms with Gasteiger partial charge in [0.25, 0.3) is 0 Å². The summed E-state index contributed by atoms with van der Waals surface area (Å²) in [5.41, 5.74) is -0.386. The minimum atomic E-state index is -3.41. The number of carbonyl (C=O) groups is 1. The van der Waals surface area contributed by atoms with Crippen LogP contribution in [0.3, 0.4) is 0 Å². The monoisotopic (exact) mass is 290 g/mol. The standard InChI is InChI=1S/C12H22N2O4S/c1-12(2)10-7-13-6-9(10)8-14(12)19(16,17)5-4-11(15)18-3/h9-10,13H,4-8H2,1-3H3. The molecular formula is C12H22N2O4S. The summed E-state index contributed by atoms with van der Waals surface area (Å²) in [6.07, 6.45) is -0.0843. The molecule has 6 nitrogen and oxygen atoms in total. The Morgan fingerprint density at radius 2 is 2.11 bits per heavy atom. The number of nitrogens with zero attached hydrogens (tertiary/aromatic N) is 1. The third-order valence-corrected chi connectivity index (χ3v) is 6.43. The number of nitrogens with one attached hydrogen (secondary N) is 1. The molecule has 19 heavy (non-hydrogen) atoms. The van der Waals surface area contributed by atoms with Crippen molar-refractivity contribution in [3.63, 3.8) is 0 Å². The predicted octanol–water partition coefficient (Wildman–Crippen LogP) is -0.191. The van der Waals surface area contributed by atoms with Crippen molar-refractivity contribution in [1.29, 1.82) is 0 Å². The Morgan fingerprint density at radius 3 is 2.68 bits per heavy atom.